The fraction of sp³-hybridized carbons (Fsp3) is 0. The molecule has 0 fully saturated rings. The predicted molar refractivity (Wildman–Crippen MR) is 95.0 cm³/mol. The Hall–Kier alpha value is 3.95. The number of nitrogens with zero attached hydrogens (tertiary/aromatic N) is 3. The molecule has 0 aromatic heterocycles. The van der Waals surface area contributed by atoms with E-state index in [1.165, 1.54) is 0 Å². The largest absolute Gasteiger partial charge is 0.283 e. The van der Waals surface area contributed by atoms with Crippen molar-refractivity contribution in [1.82, 2.24) is 0 Å². The van der Waals surface area contributed by atoms with E-state index < -0.39 is 21.8 Å². The SMILES string of the molecule is S=P(Cl)(Cl)N=P(Cl)(N=P(Cl)(Cl)Cl)N=P(Cl)(Cl)Cl. The molecular formula is Cl9N3P4S. The first-order valence-corrected chi connectivity index (χ1v) is 18.9. The van der Waals surface area contributed by atoms with Gasteiger partial charge in [-0.25, -0.2) is 0 Å². The van der Waals surface area contributed by atoms with Gasteiger partial charge in [-0.1, -0.05) is 0 Å². The molecule has 0 rings (SSSR count). The fourth-order valence-corrected chi connectivity index (χ4v) is 18.3. The first-order chi connectivity index (χ1) is 7.12. The van der Waals surface area contributed by atoms with E-state index in [9.17, 15) is 0 Å². The Kier molecular flexibility index (Phi) is 9.22. The average molecular weight is 517 g/mol. The van der Waals surface area contributed by atoms with Crippen LogP contribution in [0, 0.1) is 0 Å². The van der Waals surface area contributed by atoms with Crippen LogP contribution >= 0.6 is 123 Å². The van der Waals surface area contributed by atoms with Gasteiger partial charge in [-0.05, 0) is 113 Å². The first-order valence-electron chi connectivity index (χ1n) is 2.90. The van der Waals surface area contributed by atoms with Crippen LogP contribution in [0.3, 0.4) is 0 Å². The van der Waals surface area contributed by atoms with Crippen LogP contribution in [0.1, 0.15) is 0 Å². The van der Waals surface area contributed by atoms with Crippen molar-refractivity contribution in [3.63, 3.8) is 0 Å². The summed E-state index contributed by atoms with van der Waals surface area (Å²) in [4.78, 5) is -3.14. The molecule has 104 valence electrons. The van der Waals surface area contributed by atoms with Gasteiger partial charge in [-0.2, -0.15) is 13.5 Å². The van der Waals surface area contributed by atoms with Gasteiger partial charge in [0.2, 0.25) is 15.1 Å². The van der Waals surface area contributed by atoms with Crippen molar-refractivity contribution in [3.05, 3.63) is 0 Å². The van der Waals surface area contributed by atoms with Gasteiger partial charge >= 0.3 is 0 Å². The number of hydrogen-bond donors (Lipinski definition) is 0. The summed E-state index contributed by atoms with van der Waals surface area (Å²) in [6.07, 6.45) is 0. The molecule has 17 heavy (non-hydrogen) atoms. The zero-order valence-electron chi connectivity index (χ0n) is 6.94. The van der Waals surface area contributed by atoms with E-state index >= 15 is 0 Å². The van der Waals surface area contributed by atoms with Crippen LogP contribution in [-0.2, 0) is 11.8 Å². The van der Waals surface area contributed by atoms with Crippen LogP contribution < -0.4 is 0 Å². The molecule has 0 N–H and O–H groups in total. The molecule has 0 spiro atoms. The normalized spacial score (nSPS) is 14.4. The second-order valence-corrected chi connectivity index (χ2v) is 27.2. The van der Waals surface area contributed by atoms with Crippen LogP contribution in [0.25, 0.3) is 0 Å². The van der Waals surface area contributed by atoms with Crippen molar-refractivity contribution in [3.8, 4) is 0 Å². The molecule has 0 aromatic rings. The summed E-state index contributed by atoms with van der Waals surface area (Å²) in [6, 6.07) is 0. The molecule has 0 aliphatic carbocycles. The molecule has 3 nitrogen and oxygen atoms in total. The third-order valence-corrected chi connectivity index (χ3v) is 13.2. The van der Waals surface area contributed by atoms with Crippen LogP contribution in [-0.4, -0.2) is 0 Å². The molecule has 0 heterocycles. The van der Waals surface area contributed by atoms with Gasteiger partial charge < -0.3 is 0 Å². The number of rotatable bonds is 3. The topological polar surface area (TPSA) is 37.1 Å². The van der Waals surface area contributed by atoms with Crippen molar-refractivity contribution in [2.45, 2.75) is 0 Å². The van der Waals surface area contributed by atoms with E-state index in [-0.39, 0.29) is 0 Å². The van der Waals surface area contributed by atoms with E-state index in [4.69, 9.17) is 101 Å². The molecular weight excluding hydrogens is 517 g/mol. The van der Waals surface area contributed by atoms with Gasteiger partial charge in [-0.15, -0.1) is 0 Å². The molecule has 17 heteroatoms. The summed E-state index contributed by atoms with van der Waals surface area (Å²) in [7, 11) is 0. The number of halogens is 9. The van der Waals surface area contributed by atoms with E-state index in [1.807, 2.05) is 0 Å². The van der Waals surface area contributed by atoms with Crippen LogP contribution in [0.15, 0.2) is 13.5 Å². The maximum absolute atomic E-state index is 5.95. The van der Waals surface area contributed by atoms with Gasteiger partial charge in [-0.3, -0.25) is 0 Å². The van der Waals surface area contributed by atoms with Gasteiger partial charge in [0.15, 0.2) is 0 Å². The fourth-order valence-electron chi connectivity index (χ4n) is 0.444. The minimum atomic E-state index is -3.50. The summed E-state index contributed by atoms with van der Waals surface area (Å²) >= 11 is 55.1. The Labute approximate surface area is 146 Å². The monoisotopic (exact) mass is 513 g/mol. The molecule has 0 radical (unpaired) electrons. The molecule has 0 bridgehead atoms. The van der Waals surface area contributed by atoms with Crippen molar-refractivity contribution in [2.75, 3.05) is 0 Å². The third kappa shape index (κ3) is 13.3. The van der Waals surface area contributed by atoms with E-state index in [0.29, 0.717) is 0 Å². The molecule has 0 aliphatic rings. The molecule has 0 saturated heterocycles. The highest BCUT2D eigenvalue weighted by atomic mass is 36.1. The van der Waals surface area contributed by atoms with E-state index in [0.717, 1.165) is 0 Å². The number of hydrogen-bond acceptors (Lipinski definition) is 1. The Bertz CT molecular complexity index is 442. The summed E-state index contributed by atoms with van der Waals surface area (Å²) in [6.45, 7) is -3.50. The molecule has 0 atom stereocenters. The summed E-state index contributed by atoms with van der Waals surface area (Å²) in [5, 5.41) is -6.48. The van der Waals surface area contributed by atoms with Gasteiger partial charge in [0.25, 0.3) is 6.71 Å². The van der Waals surface area contributed by atoms with Gasteiger partial charge in [0, 0.05) is 0 Å². The Morgan fingerprint density at radius 1 is 0.588 bits per heavy atom. The van der Waals surface area contributed by atoms with E-state index in [2.05, 4.69) is 25.4 Å². The van der Waals surface area contributed by atoms with Gasteiger partial charge in [0.05, 0.1) is 0 Å². The van der Waals surface area contributed by atoms with Crippen LogP contribution in [0.2, 0.25) is 0 Å². The summed E-state index contributed by atoms with van der Waals surface area (Å²) in [5.74, 6) is 0. The maximum atomic E-state index is 5.95. The minimum Gasteiger partial charge on any atom is -0.185 e. The lowest BCUT2D eigenvalue weighted by molar-refractivity contribution is 1.78. The molecule has 0 saturated carbocycles. The van der Waals surface area contributed by atoms with Crippen LogP contribution in [0.4, 0.5) is 0 Å². The predicted octanol–water partition coefficient (Wildman–Crippen LogP) is 10.2. The Morgan fingerprint density at radius 2 is 0.882 bits per heavy atom. The summed E-state index contributed by atoms with van der Waals surface area (Å²) < 4.78 is 10.9. The van der Waals surface area contributed by atoms with Crippen molar-refractivity contribution >= 4 is 135 Å². The quantitative estimate of drug-likeness (QED) is 0.344. The first kappa shape index (κ1) is 20.9. The second-order valence-electron chi connectivity index (χ2n) is 2.04. The Balaban J connectivity index is 6.12. The van der Waals surface area contributed by atoms with Crippen LogP contribution in [0.5, 0.6) is 0 Å². The second kappa shape index (κ2) is 7.48. The average Bonchev–Trinajstić information content (AvgIpc) is 1.65. The zero-order chi connectivity index (χ0) is 14.1. The highest BCUT2D eigenvalue weighted by Crippen LogP contribution is 2.83. The molecule has 0 amide bonds. The van der Waals surface area contributed by atoms with Crippen molar-refractivity contribution in [2.24, 2.45) is 13.5 Å². The highest BCUT2D eigenvalue weighted by molar-refractivity contribution is 8.40. The smallest absolute Gasteiger partial charge is 0.185 e. The van der Waals surface area contributed by atoms with Crippen molar-refractivity contribution < 1.29 is 0 Å². The van der Waals surface area contributed by atoms with Crippen molar-refractivity contribution in [1.29, 1.82) is 0 Å². The summed E-state index contributed by atoms with van der Waals surface area (Å²) in [5.41, 5.74) is 0. The molecule has 0 aliphatic heterocycles. The lowest BCUT2D eigenvalue weighted by Crippen LogP contribution is -1.59. The van der Waals surface area contributed by atoms with Gasteiger partial charge in [0.1, 0.15) is 0 Å². The third-order valence-electron chi connectivity index (χ3n) is 0.648. The van der Waals surface area contributed by atoms with E-state index in [1.54, 1.807) is 0 Å². The standard InChI is InChI=1S/Cl9N3P4S/c1-13(2,3)10-16(9,11-14(4,5)6)12-15(7,8)17. The highest BCUT2D eigenvalue weighted by Gasteiger charge is 2.26. The lowest BCUT2D eigenvalue weighted by Gasteiger charge is -2.12. The molecule has 0 aromatic carbocycles. The lowest BCUT2D eigenvalue weighted by atomic mass is 13.8. The minimum absolute atomic E-state index is 3.14. The maximum Gasteiger partial charge on any atom is 0.283 e. The molecule has 0 unspecified atom stereocenters. The Morgan fingerprint density at radius 3 is 1.06 bits per heavy atom. The zero-order valence-corrected chi connectivity index (χ0v) is 18.1.